The van der Waals surface area contributed by atoms with Gasteiger partial charge in [-0.05, 0) is 17.7 Å². The van der Waals surface area contributed by atoms with Crippen molar-refractivity contribution in [2.24, 2.45) is 5.73 Å². The van der Waals surface area contributed by atoms with E-state index in [-0.39, 0.29) is 18.9 Å². The lowest BCUT2D eigenvalue weighted by Crippen LogP contribution is -2.43. The summed E-state index contributed by atoms with van der Waals surface area (Å²) in [5.41, 5.74) is 6.13. The highest BCUT2D eigenvalue weighted by Crippen LogP contribution is 2.22. The number of rotatable bonds is 6. The quantitative estimate of drug-likeness (QED) is 0.825. The van der Waals surface area contributed by atoms with E-state index >= 15 is 0 Å². The Kier molecular flexibility index (Phi) is 5.78. The van der Waals surface area contributed by atoms with Gasteiger partial charge in [0, 0.05) is 13.7 Å². The van der Waals surface area contributed by atoms with E-state index in [0.29, 0.717) is 5.56 Å². The maximum absolute atomic E-state index is 12.0. The number of alkyl halides is 3. The molecule has 0 spiro atoms. The van der Waals surface area contributed by atoms with E-state index in [0.717, 1.165) is 0 Å². The lowest BCUT2D eigenvalue weighted by molar-refractivity contribution is -0.274. The van der Waals surface area contributed by atoms with Crippen molar-refractivity contribution in [1.29, 1.82) is 0 Å². The van der Waals surface area contributed by atoms with E-state index in [4.69, 9.17) is 10.5 Å². The van der Waals surface area contributed by atoms with Crippen LogP contribution < -0.4 is 15.8 Å². The second kappa shape index (κ2) is 7.11. The zero-order valence-corrected chi connectivity index (χ0v) is 10.7. The first kappa shape index (κ1) is 16.3. The molecule has 0 aromatic heterocycles. The molecular formula is C12H15F3N2O3. The molecule has 1 rings (SSSR count). The molecule has 3 N–H and O–H groups in total. The van der Waals surface area contributed by atoms with Gasteiger partial charge in [0.05, 0.1) is 6.61 Å². The van der Waals surface area contributed by atoms with Gasteiger partial charge in [-0.15, -0.1) is 13.2 Å². The molecule has 0 aliphatic rings. The molecule has 0 fully saturated rings. The number of hydrogen-bond acceptors (Lipinski definition) is 4. The van der Waals surface area contributed by atoms with Crippen LogP contribution in [-0.4, -0.2) is 32.0 Å². The molecule has 1 amide bonds. The molecular weight excluding hydrogens is 277 g/mol. The summed E-state index contributed by atoms with van der Waals surface area (Å²) in [6, 6.07) is 4.40. The van der Waals surface area contributed by atoms with Crippen LogP contribution in [0.2, 0.25) is 0 Å². The van der Waals surface area contributed by atoms with Gasteiger partial charge in [-0.2, -0.15) is 0 Å². The molecule has 0 unspecified atom stereocenters. The van der Waals surface area contributed by atoms with E-state index in [9.17, 15) is 18.0 Å². The minimum absolute atomic E-state index is 0.0875. The fraction of sp³-hybridized carbons (Fsp3) is 0.417. The third-order valence-corrected chi connectivity index (χ3v) is 2.31. The summed E-state index contributed by atoms with van der Waals surface area (Å²) in [7, 11) is 1.42. The van der Waals surface area contributed by atoms with Crippen LogP contribution in [0.5, 0.6) is 5.75 Å². The summed E-state index contributed by atoms with van der Waals surface area (Å²) in [5, 5.41) is 2.54. The van der Waals surface area contributed by atoms with E-state index in [2.05, 4.69) is 10.1 Å². The second-order valence-electron chi connectivity index (χ2n) is 3.97. The van der Waals surface area contributed by atoms with E-state index in [1.807, 2.05) is 0 Å². The Morgan fingerprint density at radius 2 is 1.95 bits per heavy atom. The molecule has 8 heteroatoms. The zero-order valence-electron chi connectivity index (χ0n) is 10.7. The fourth-order valence-corrected chi connectivity index (χ4v) is 1.38. The molecule has 1 aromatic rings. The Morgan fingerprint density at radius 1 is 1.35 bits per heavy atom. The van der Waals surface area contributed by atoms with Gasteiger partial charge in [0.15, 0.2) is 0 Å². The first-order chi connectivity index (χ1) is 9.31. The molecule has 0 bridgehead atoms. The number of nitrogens with two attached hydrogens (primary N) is 1. The van der Waals surface area contributed by atoms with Crippen LogP contribution in [0.25, 0.3) is 0 Å². The average Bonchev–Trinajstić information content (AvgIpc) is 2.36. The van der Waals surface area contributed by atoms with Gasteiger partial charge in [0.2, 0.25) is 5.91 Å². The molecule has 0 aliphatic carbocycles. The highest BCUT2D eigenvalue weighted by Gasteiger charge is 2.30. The van der Waals surface area contributed by atoms with Crippen molar-refractivity contribution in [3.8, 4) is 5.75 Å². The SMILES string of the molecule is COC[C@@H](N)C(=O)NCc1ccc(OC(F)(F)F)cc1. The van der Waals surface area contributed by atoms with E-state index in [1.54, 1.807) is 0 Å². The molecule has 0 aliphatic heterocycles. The molecule has 112 valence electrons. The smallest absolute Gasteiger partial charge is 0.406 e. The van der Waals surface area contributed by atoms with Crippen LogP contribution >= 0.6 is 0 Å². The van der Waals surface area contributed by atoms with E-state index in [1.165, 1.54) is 31.4 Å². The summed E-state index contributed by atoms with van der Waals surface area (Å²) in [6.07, 6.45) is -4.72. The standard InChI is InChI=1S/C12H15F3N2O3/c1-19-7-10(16)11(18)17-6-8-2-4-9(5-3-8)20-12(13,14)15/h2-5,10H,6-7,16H2,1H3,(H,17,18)/t10-/m1/s1. The molecule has 0 saturated carbocycles. The fourth-order valence-electron chi connectivity index (χ4n) is 1.38. The van der Waals surface area contributed by atoms with Gasteiger partial charge in [-0.3, -0.25) is 4.79 Å². The molecule has 20 heavy (non-hydrogen) atoms. The first-order valence-corrected chi connectivity index (χ1v) is 5.68. The number of halogens is 3. The summed E-state index contributed by atoms with van der Waals surface area (Å²) in [5.74, 6) is -0.717. The third kappa shape index (κ3) is 5.89. The molecule has 1 atom stereocenters. The van der Waals surface area contributed by atoms with Crippen molar-refractivity contribution < 1.29 is 27.4 Å². The van der Waals surface area contributed by atoms with Crippen LogP contribution in [-0.2, 0) is 16.1 Å². The van der Waals surface area contributed by atoms with Crippen molar-refractivity contribution in [1.82, 2.24) is 5.32 Å². The van der Waals surface area contributed by atoms with Gasteiger partial charge >= 0.3 is 6.36 Å². The Bertz CT molecular complexity index is 435. The van der Waals surface area contributed by atoms with Crippen molar-refractivity contribution in [2.45, 2.75) is 18.9 Å². The van der Waals surface area contributed by atoms with Gasteiger partial charge in [0.25, 0.3) is 0 Å². The van der Waals surface area contributed by atoms with Crippen LogP contribution in [0.15, 0.2) is 24.3 Å². The molecule has 0 heterocycles. The maximum Gasteiger partial charge on any atom is 0.573 e. The summed E-state index contributed by atoms with van der Waals surface area (Å²) in [4.78, 5) is 11.5. The van der Waals surface area contributed by atoms with E-state index < -0.39 is 18.3 Å². The lowest BCUT2D eigenvalue weighted by atomic mass is 10.2. The summed E-state index contributed by atoms with van der Waals surface area (Å²) in [6.45, 7) is 0.243. The Labute approximate surface area is 113 Å². The van der Waals surface area contributed by atoms with Gasteiger partial charge < -0.3 is 20.5 Å². The highest BCUT2D eigenvalue weighted by atomic mass is 19.4. The summed E-state index contributed by atoms with van der Waals surface area (Å²) < 4.78 is 44.3. The number of ether oxygens (including phenoxy) is 2. The van der Waals surface area contributed by atoms with Crippen LogP contribution in [0, 0.1) is 0 Å². The number of nitrogens with one attached hydrogen (secondary N) is 1. The monoisotopic (exact) mass is 292 g/mol. The topological polar surface area (TPSA) is 73.6 Å². The largest absolute Gasteiger partial charge is 0.573 e. The van der Waals surface area contributed by atoms with Crippen molar-refractivity contribution in [3.63, 3.8) is 0 Å². The average molecular weight is 292 g/mol. The van der Waals surface area contributed by atoms with Crippen molar-refractivity contribution in [3.05, 3.63) is 29.8 Å². The van der Waals surface area contributed by atoms with Gasteiger partial charge in [-0.25, -0.2) is 0 Å². The number of carbonyl (C=O) groups is 1. The molecule has 0 radical (unpaired) electrons. The minimum atomic E-state index is -4.72. The van der Waals surface area contributed by atoms with Crippen LogP contribution in [0.1, 0.15) is 5.56 Å². The van der Waals surface area contributed by atoms with Crippen molar-refractivity contribution in [2.75, 3.05) is 13.7 Å². The van der Waals surface area contributed by atoms with Crippen LogP contribution in [0.4, 0.5) is 13.2 Å². The molecule has 5 nitrogen and oxygen atoms in total. The number of hydrogen-bond donors (Lipinski definition) is 2. The normalized spacial score (nSPS) is 12.8. The maximum atomic E-state index is 12.0. The predicted octanol–water partition coefficient (Wildman–Crippen LogP) is 1.18. The second-order valence-corrected chi connectivity index (χ2v) is 3.97. The Balaban J connectivity index is 2.48. The Hall–Kier alpha value is -1.80. The summed E-state index contributed by atoms with van der Waals surface area (Å²) >= 11 is 0. The first-order valence-electron chi connectivity index (χ1n) is 5.68. The number of carbonyl (C=O) groups excluding carboxylic acids is 1. The molecule has 1 aromatic carbocycles. The Morgan fingerprint density at radius 3 is 2.45 bits per heavy atom. The number of benzene rings is 1. The van der Waals surface area contributed by atoms with Gasteiger partial charge in [-0.1, -0.05) is 12.1 Å². The molecule has 0 saturated heterocycles. The highest BCUT2D eigenvalue weighted by molar-refractivity contribution is 5.81. The minimum Gasteiger partial charge on any atom is -0.406 e. The number of methoxy groups -OCH3 is 1. The zero-order chi connectivity index (χ0) is 15.2. The number of amides is 1. The van der Waals surface area contributed by atoms with Crippen molar-refractivity contribution >= 4 is 5.91 Å². The lowest BCUT2D eigenvalue weighted by Gasteiger charge is -2.12. The predicted molar refractivity (Wildman–Crippen MR) is 64.8 cm³/mol. The van der Waals surface area contributed by atoms with Gasteiger partial charge in [0.1, 0.15) is 11.8 Å². The van der Waals surface area contributed by atoms with Crippen LogP contribution in [0.3, 0.4) is 0 Å². The third-order valence-electron chi connectivity index (χ3n) is 2.31.